The summed E-state index contributed by atoms with van der Waals surface area (Å²) in [4.78, 5) is 23.7. The smallest absolute Gasteiger partial charge is 0.315 e. The summed E-state index contributed by atoms with van der Waals surface area (Å²) in [6.45, 7) is 1.66. The standard InChI is InChI=1S/C19H20ClNO3/c1-19(18(23)24,15-5-3-2-4-6-15)13-21-17(22)12-9-14-7-10-16(20)11-8-14/h2-8,10-11H,9,12-13H2,1H3,(H,21,22)(H,23,24). The third-order valence-corrected chi connectivity index (χ3v) is 4.33. The van der Waals surface area contributed by atoms with Gasteiger partial charge in [0.15, 0.2) is 0 Å². The lowest BCUT2D eigenvalue weighted by molar-refractivity contribution is -0.143. The van der Waals surface area contributed by atoms with Crippen molar-refractivity contribution < 1.29 is 14.7 Å². The number of halogens is 1. The molecule has 0 heterocycles. The second-order valence-corrected chi connectivity index (χ2v) is 6.34. The Morgan fingerprint density at radius 3 is 2.29 bits per heavy atom. The Hall–Kier alpha value is -2.33. The molecule has 1 atom stereocenters. The Balaban J connectivity index is 1.93. The van der Waals surface area contributed by atoms with Crippen LogP contribution in [0.15, 0.2) is 54.6 Å². The molecule has 0 saturated carbocycles. The molecule has 0 aliphatic heterocycles. The third kappa shape index (κ3) is 4.59. The first-order valence-corrected chi connectivity index (χ1v) is 8.10. The van der Waals surface area contributed by atoms with Gasteiger partial charge in [-0.2, -0.15) is 0 Å². The van der Waals surface area contributed by atoms with E-state index in [-0.39, 0.29) is 12.5 Å². The van der Waals surface area contributed by atoms with Crippen LogP contribution in [0.1, 0.15) is 24.5 Å². The summed E-state index contributed by atoms with van der Waals surface area (Å²) in [7, 11) is 0. The number of carbonyl (C=O) groups is 2. The molecule has 1 amide bonds. The predicted octanol–water partition coefficient (Wildman–Crippen LogP) is 3.43. The number of carboxylic acids is 1. The van der Waals surface area contributed by atoms with E-state index in [0.717, 1.165) is 5.56 Å². The van der Waals surface area contributed by atoms with Crippen LogP contribution >= 0.6 is 11.6 Å². The van der Waals surface area contributed by atoms with Crippen molar-refractivity contribution in [1.82, 2.24) is 5.32 Å². The van der Waals surface area contributed by atoms with E-state index in [0.29, 0.717) is 23.4 Å². The number of aliphatic carboxylic acids is 1. The van der Waals surface area contributed by atoms with Crippen molar-refractivity contribution in [3.05, 3.63) is 70.7 Å². The minimum Gasteiger partial charge on any atom is -0.481 e. The van der Waals surface area contributed by atoms with Crippen molar-refractivity contribution in [1.29, 1.82) is 0 Å². The number of amides is 1. The lowest BCUT2D eigenvalue weighted by atomic mass is 9.82. The average molecular weight is 346 g/mol. The molecule has 0 saturated heterocycles. The van der Waals surface area contributed by atoms with E-state index in [2.05, 4.69) is 5.32 Å². The van der Waals surface area contributed by atoms with Crippen molar-refractivity contribution in [2.24, 2.45) is 0 Å². The number of carbonyl (C=O) groups excluding carboxylic acids is 1. The molecule has 0 aromatic heterocycles. The van der Waals surface area contributed by atoms with E-state index in [4.69, 9.17) is 11.6 Å². The Morgan fingerprint density at radius 1 is 1.08 bits per heavy atom. The molecule has 0 aliphatic rings. The van der Waals surface area contributed by atoms with Gasteiger partial charge in [-0.05, 0) is 36.6 Å². The Labute approximate surface area is 146 Å². The van der Waals surface area contributed by atoms with Crippen LogP contribution in [0.3, 0.4) is 0 Å². The Kier molecular flexibility index (Phi) is 5.99. The van der Waals surface area contributed by atoms with Gasteiger partial charge in [-0.25, -0.2) is 0 Å². The number of aryl methyl sites for hydroxylation is 1. The highest BCUT2D eigenvalue weighted by Gasteiger charge is 2.35. The van der Waals surface area contributed by atoms with Gasteiger partial charge in [0.1, 0.15) is 5.41 Å². The van der Waals surface area contributed by atoms with Gasteiger partial charge in [0, 0.05) is 18.0 Å². The van der Waals surface area contributed by atoms with E-state index in [1.54, 1.807) is 43.3 Å². The number of hydrogen-bond acceptors (Lipinski definition) is 2. The summed E-state index contributed by atoms with van der Waals surface area (Å²) in [5, 5.41) is 13.0. The molecule has 24 heavy (non-hydrogen) atoms. The fourth-order valence-electron chi connectivity index (χ4n) is 2.38. The first-order valence-electron chi connectivity index (χ1n) is 7.72. The van der Waals surface area contributed by atoms with Crippen LogP contribution < -0.4 is 5.32 Å². The Morgan fingerprint density at radius 2 is 1.71 bits per heavy atom. The van der Waals surface area contributed by atoms with Gasteiger partial charge in [-0.1, -0.05) is 54.1 Å². The number of carboxylic acid groups (broad SMARTS) is 1. The summed E-state index contributed by atoms with van der Waals surface area (Å²) in [6.07, 6.45) is 0.879. The molecule has 0 bridgehead atoms. The molecule has 4 nitrogen and oxygen atoms in total. The van der Waals surface area contributed by atoms with Crippen LogP contribution in [0.4, 0.5) is 0 Å². The maximum absolute atomic E-state index is 12.1. The highest BCUT2D eigenvalue weighted by atomic mass is 35.5. The van der Waals surface area contributed by atoms with Crippen LogP contribution in [-0.4, -0.2) is 23.5 Å². The van der Waals surface area contributed by atoms with Crippen molar-refractivity contribution in [3.8, 4) is 0 Å². The van der Waals surface area contributed by atoms with Crippen molar-refractivity contribution in [2.75, 3.05) is 6.54 Å². The van der Waals surface area contributed by atoms with E-state index in [9.17, 15) is 14.7 Å². The molecule has 0 aliphatic carbocycles. The van der Waals surface area contributed by atoms with Crippen LogP contribution in [-0.2, 0) is 21.4 Å². The first kappa shape index (κ1) is 18.0. The monoisotopic (exact) mass is 345 g/mol. The van der Waals surface area contributed by atoms with E-state index >= 15 is 0 Å². The molecule has 5 heteroatoms. The second kappa shape index (κ2) is 7.97. The van der Waals surface area contributed by atoms with E-state index in [1.807, 2.05) is 18.2 Å². The minimum absolute atomic E-state index is 0.0474. The topological polar surface area (TPSA) is 66.4 Å². The van der Waals surface area contributed by atoms with Gasteiger partial charge in [0.2, 0.25) is 5.91 Å². The third-order valence-electron chi connectivity index (χ3n) is 4.08. The summed E-state index contributed by atoms with van der Waals surface area (Å²) in [6, 6.07) is 16.2. The largest absolute Gasteiger partial charge is 0.481 e. The van der Waals surface area contributed by atoms with Gasteiger partial charge in [-0.15, -0.1) is 0 Å². The van der Waals surface area contributed by atoms with Crippen molar-refractivity contribution >= 4 is 23.5 Å². The van der Waals surface area contributed by atoms with Crippen LogP contribution in [0.2, 0.25) is 5.02 Å². The van der Waals surface area contributed by atoms with Gasteiger partial charge < -0.3 is 10.4 Å². The highest BCUT2D eigenvalue weighted by Crippen LogP contribution is 2.23. The molecule has 1 unspecified atom stereocenters. The molecule has 0 fully saturated rings. The molecular weight excluding hydrogens is 326 g/mol. The van der Waals surface area contributed by atoms with Crippen molar-refractivity contribution in [2.45, 2.75) is 25.2 Å². The maximum atomic E-state index is 12.1. The lowest BCUT2D eigenvalue weighted by Gasteiger charge is -2.25. The summed E-state index contributed by atoms with van der Waals surface area (Å²) < 4.78 is 0. The summed E-state index contributed by atoms with van der Waals surface area (Å²) in [5.41, 5.74) is 0.520. The highest BCUT2D eigenvalue weighted by molar-refractivity contribution is 6.30. The van der Waals surface area contributed by atoms with E-state index in [1.165, 1.54) is 0 Å². The number of rotatable bonds is 7. The lowest BCUT2D eigenvalue weighted by Crippen LogP contribution is -2.44. The fraction of sp³-hybridized carbons (Fsp3) is 0.263. The molecular formula is C19H20ClNO3. The van der Waals surface area contributed by atoms with Gasteiger partial charge in [0.25, 0.3) is 0 Å². The average Bonchev–Trinajstić information content (AvgIpc) is 2.59. The number of benzene rings is 2. The van der Waals surface area contributed by atoms with Crippen molar-refractivity contribution in [3.63, 3.8) is 0 Å². The zero-order valence-corrected chi connectivity index (χ0v) is 14.2. The normalized spacial score (nSPS) is 13.1. The van der Waals surface area contributed by atoms with Crippen LogP contribution in [0.5, 0.6) is 0 Å². The molecule has 2 N–H and O–H groups in total. The molecule has 126 valence electrons. The van der Waals surface area contributed by atoms with Crippen LogP contribution in [0.25, 0.3) is 0 Å². The zero-order valence-electron chi connectivity index (χ0n) is 13.5. The van der Waals surface area contributed by atoms with Gasteiger partial charge in [-0.3, -0.25) is 9.59 Å². The minimum atomic E-state index is -1.16. The predicted molar refractivity (Wildman–Crippen MR) is 94.2 cm³/mol. The summed E-state index contributed by atoms with van der Waals surface area (Å²) >= 11 is 5.83. The number of hydrogen-bond donors (Lipinski definition) is 2. The molecule has 2 aromatic carbocycles. The van der Waals surface area contributed by atoms with Crippen LogP contribution in [0, 0.1) is 0 Å². The Bertz CT molecular complexity index is 700. The van der Waals surface area contributed by atoms with E-state index < -0.39 is 11.4 Å². The van der Waals surface area contributed by atoms with Gasteiger partial charge >= 0.3 is 5.97 Å². The quantitative estimate of drug-likeness (QED) is 0.808. The first-order chi connectivity index (χ1) is 11.4. The summed E-state index contributed by atoms with van der Waals surface area (Å²) in [5.74, 6) is -1.14. The molecule has 2 aromatic rings. The SMILES string of the molecule is CC(CNC(=O)CCc1ccc(Cl)cc1)(C(=O)O)c1ccccc1. The zero-order chi connectivity index (χ0) is 17.6. The maximum Gasteiger partial charge on any atom is 0.315 e. The number of nitrogens with one attached hydrogen (secondary N) is 1. The molecule has 2 rings (SSSR count). The second-order valence-electron chi connectivity index (χ2n) is 5.91. The fourth-order valence-corrected chi connectivity index (χ4v) is 2.51. The molecule has 0 radical (unpaired) electrons. The molecule has 0 spiro atoms. The van der Waals surface area contributed by atoms with Gasteiger partial charge in [0.05, 0.1) is 0 Å².